The number of nitrogens with one attached hydrogen (secondary N) is 1. The van der Waals surface area contributed by atoms with Crippen LogP contribution in [0.2, 0.25) is 0 Å². The van der Waals surface area contributed by atoms with Gasteiger partial charge in [-0.05, 0) is 61.0 Å². The van der Waals surface area contributed by atoms with Gasteiger partial charge in [-0.1, -0.05) is 12.1 Å². The lowest BCUT2D eigenvalue weighted by atomic mass is 10.1. The first-order chi connectivity index (χ1) is 16.2. The molecule has 1 atom stereocenters. The normalized spacial score (nSPS) is 18.1. The molecule has 2 aliphatic rings. The second kappa shape index (κ2) is 9.60. The predicted octanol–water partition coefficient (Wildman–Crippen LogP) is 4.39. The molecular formula is C26H28N4O3. The van der Waals surface area contributed by atoms with Gasteiger partial charge in [0.1, 0.15) is 35.8 Å². The summed E-state index contributed by atoms with van der Waals surface area (Å²) in [4.78, 5) is 11.7. The summed E-state index contributed by atoms with van der Waals surface area (Å²) in [5.41, 5.74) is 4.18. The molecule has 0 bridgehead atoms. The van der Waals surface area contributed by atoms with Gasteiger partial charge in [0.15, 0.2) is 0 Å². The van der Waals surface area contributed by atoms with Gasteiger partial charge in [0, 0.05) is 30.9 Å². The number of hydrogen-bond acceptors (Lipinski definition) is 7. The van der Waals surface area contributed by atoms with Gasteiger partial charge in [-0.2, -0.15) is 0 Å². The first-order valence-electron chi connectivity index (χ1n) is 11.2. The number of methoxy groups -OCH3 is 1. The summed E-state index contributed by atoms with van der Waals surface area (Å²) in [6.07, 6.45) is 2.13. The van der Waals surface area contributed by atoms with E-state index < -0.39 is 0 Å². The Morgan fingerprint density at radius 2 is 1.94 bits per heavy atom. The van der Waals surface area contributed by atoms with Crippen molar-refractivity contribution in [3.63, 3.8) is 0 Å². The van der Waals surface area contributed by atoms with E-state index in [4.69, 9.17) is 19.2 Å². The third kappa shape index (κ3) is 5.16. The molecule has 0 amide bonds. The second-order valence-corrected chi connectivity index (χ2v) is 8.33. The van der Waals surface area contributed by atoms with Crippen LogP contribution in [0.1, 0.15) is 23.1 Å². The van der Waals surface area contributed by atoms with Gasteiger partial charge < -0.3 is 19.5 Å². The van der Waals surface area contributed by atoms with Crippen LogP contribution in [0.25, 0.3) is 6.08 Å². The number of morpholine rings is 1. The molecule has 0 spiro atoms. The van der Waals surface area contributed by atoms with E-state index in [2.05, 4.69) is 21.3 Å². The summed E-state index contributed by atoms with van der Waals surface area (Å²) in [5, 5.41) is 3.29. The largest absolute Gasteiger partial charge is 0.497 e. The molecule has 7 heteroatoms. The predicted molar refractivity (Wildman–Crippen MR) is 128 cm³/mol. The number of nitrogens with zero attached hydrogens (tertiary/aromatic N) is 3. The van der Waals surface area contributed by atoms with Crippen LogP contribution in [0.4, 0.5) is 11.6 Å². The quantitative estimate of drug-likeness (QED) is 0.605. The number of benzene rings is 1. The van der Waals surface area contributed by atoms with Crippen LogP contribution in [-0.4, -0.2) is 54.8 Å². The maximum absolute atomic E-state index is 6.08. The van der Waals surface area contributed by atoms with Crippen LogP contribution in [0.15, 0.2) is 60.2 Å². The van der Waals surface area contributed by atoms with Gasteiger partial charge in [-0.15, -0.1) is 0 Å². The highest BCUT2D eigenvalue weighted by Gasteiger charge is 2.25. The van der Waals surface area contributed by atoms with E-state index in [9.17, 15) is 0 Å². The lowest BCUT2D eigenvalue weighted by Gasteiger charge is -2.34. The number of pyridine rings is 2. The summed E-state index contributed by atoms with van der Waals surface area (Å²) in [5.74, 6) is 3.28. The summed E-state index contributed by atoms with van der Waals surface area (Å²) in [6, 6.07) is 17.8. The van der Waals surface area contributed by atoms with Crippen molar-refractivity contribution in [2.45, 2.75) is 13.0 Å². The van der Waals surface area contributed by atoms with E-state index >= 15 is 0 Å². The Balaban J connectivity index is 1.26. The molecule has 33 heavy (non-hydrogen) atoms. The molecular weight excluding hydrogens is 416 g/mol. The van der Waals surface area contributed by atoms with Crippen molar-refractivity contribution in [3.8, 4) is 11.5 Å². The molecule has 1 N–H and O–H groups in total. The number of anilines is 2. The average Bonchev–Trinajstić information content (AvgIpc) is 2.84. The third-order valence-corrected chi connectivity index (χ3v) is 5.81. The lowest BCUT2D eigenvalue weighted by molar-refractivity contribution is -0.0293. The molecule has 0 aliphatic carbocycles. The van der Waals surface area contributed by atoms with Crippen LogP contribution < -0.4 is 14.8 Å². The average molecular weight is 445 g/mol. The van der Waals surface area contributed by atoms with E-state index in [1.807, 2.05) is 61.5 Å². The number of hydrogen-bond donors (Lipinski definition) is 1. The molecule has 5 rings (SSSR count). The number of aryl methyl sites for hydroxylation is 1. The van der Waals surface area contributed by atoms with Crippen molar-refractivity contribution in [1.29, 1.82) is 0 Å². The highest BCUT2D eigenvalue weighted by atomic mass is 16.5. The van der Waals surface area contributed by atoms with Gasteiger partial charge >= 0.3 is 0 Å². The van der Waals surface area contributed by atoms with Crippen molar-refractivity contribution < 1.29 is 14.2 Å². The van der Waals surface area contributed by atoms with Crippen LogP contribution in [0, 0.1) is 6.92 Å². The first kappa shape index (κ1) is 21.4. The number of ether oxygens (including phenoxy) is 3. The minimum Gasteiger partial charge on any atom is -0.497 e. The van der Waals surface area contributed by atoms with E-state index in [0.717, 1.165) is 59.7 Å². The zero-order chi connectivity index (χ0) is 22.6. The second-order valence-electron chi connectivity index (χ2n) is 8.33. The molecule has 1 saturated heterocycles. The Labute approximate surface area is 194 Å². The molecule has 0 saturated carbocycles. The van der Waals surface area contributed by atoms with E-state index in [-0.39, 0.29) is 6.10 Å². The van der Waals surface area contributed by atoms with Crippen molar-refractivity contribution >= 4 is 17.7 Å². The lowest BCUT2D eigenvalue weighted by Crippen LogP contribution is -2.40. The standard InChI is InChI=1S/C26H28N4O3/c1-18-5-3-7-25(27-18)29-26-8-4-6-22(28-26)24-16-30(11-12-32-24)15-19-13-20-14-21(31-2)9-10-23(20)33-17-19/h3-10,13-14,24H,11-12,15-17H2,1-2H3,(H,27,28,29). The topological polar surface area (TPSA) is 68.7 Å². The van der Waals surface area contributed by atoms with Crippen molar-refractivity contribution in [2.24, 2.45) is 0 Å². The Bertz CT molecular complexity index is 1160. The molecule has 0 radical (unpaired) electrons. The molecule has 1 unspecified atom stereocenters. The van der Waals surface area contributed by atoms with E-state index in [1.165, 1.54) is 5.57 Å². The van der Waals surface area contributed by atoms with Crippen molar-refractivity contribution in [3.05, 3.63) is 77.1 Å². The first-order valence-corrected chi connectivity index (χ1v) is 11.2. The molecule has 3 aromatic rings. The summed E-state index contributed by atoms with van der Waals surface area (Å²) in [7, 11) is 1.68. The molecule has 4 heterocycles. The van der Waals surface area contributed by atoms with Crippen molar-refractivity contribution in [2.75, 3.05) is 45.3 Å². The Morgan fingerprint density at radius 3 is 2.79 bits per heavy atom. The molecule has 7 nitrogen and oxygen atoms in total. The molecule has 170 valence electrons. The van der Waals surface area contributed by atoms with Gasteiger partial charge in [-0.3, -0.25) is 4.90 Å². The van der Waals surface area contributed by atoms with Crippen LogP contribution in [0.5, 0.6) is 11.5 Å². The zero-order valence-electron chi connectivity index (χ0n) is 19.0. The Hall–Kier alpha value is -3.42. The van der Waals surface area contributed by atoms with Gasteiger partial charge in [-0.25, -0.2) is 9.97 Å². The molecule has 2 aromatic heterocycles. The molecule has 1 aromatic carbocycles. The molecule has 2 aliphatic heterocycles. The maximum Gasteiger partial charge on any atom is 0.131 e. The van der Waals surface area contributed by atoms with Gasteiger partial charge in [0.2, 0.25) is 0 Å². The fourth-order valence-electron chi connectivity index (χ4n) is 4.18. The summed E-state index contributed by atoms with van der Waals surface area (Å²) >= 11 is 0. The number of rotatable bonds is 6. The summed E-state index contributed by atoms with van der Waals surface area (Å²) in [6.45, 7) is 5.74. The summed E-state index contributed by atoms with van der Waals surface area (Å²) < 4.78 is 17.4. The fourth-order valence-corrected chi connectivity index (χ4v) is 4.18. The van der Waals surface area contributed by atoms with Crippen LogP contribution in [0.3, 0.4) is 0 Å². The smallest absolute Gasteiger partial charge is 0.131 e. The minimum absolute atomic E-state index is 0.0801. The monoisotopic (exact) mass is 444 g/mol. The third-order valence-electron chi connectivity index (χ3n) is 5.81. The number of aromatic nitrogens is 2. The number of fused-ring (bicyclic) bond motifs is 1. The van der Waals surface area contributed by atoms with E-state index in [0.29, 0.717) is 13.2 Å². The Kier molecular flexibility index (Phi) is 6.24. The Morgan fingerprint density at radius 1 is 1.09 bits per heavy atom. The van der Waals surface area contributed by atoms with Gasteiger partial charge in [0.25, 0.3) is 0 Å². The fraction of sp³-hybridized carbons (Fsp3) is 0.308. The van der Waals surface area contributed by atoms with Crippen LogP contribution in [-0.2, 0) is 4.74 Å². The highest BCUT2D eigenvalue weighted by Crippen LogP contribution is 2.31. The SMILES string of the molecule is COc1ccc2c(c1)C=C(CN1CCOC(c3cccc(Nc4cccc(C)n4)n3)C1)CO2. The zero-order valence-corrected chi connectivity index (χ0v) is 19.0. The molecule has 1 fully saturated rings. The van der Waals surface area contributed by atoms with E-state index in [1.54, 1.807) is 7.11 Å². The van der Waals surface area contributed by atoms with Gasteiger partial charge in [0.05, 0.1) is 19.4 Å². The van der Waals surface area contributed by atoms with Crippen molar-refractivity contribution in [1.82, 2.24) is 14.9 Å². The minimum atomic E-state index is -0.0801. The highest BCUT2D eigenvalue weighted by molar-refractivity contribution is 5.64. The van der Waals surface area contributed by atoms with Crippen LogP contribution >= 0.6 is 0 Å². The maximum atomic E-state index is 6.08.